The first-order valence-electron chi connectivity index (χ1n) is 21.4. The van der Waals surface area contributed by atoms with Crippen LogP contribution in [-0.4, -0.2) is 92.1 Å². The Morgan fingerprint density at radius 3 is 1.77 bits per heavy atom. The molecule has 2 aliphatic heterocycles. The van der Waals surface area contributed by atoms with Gasteiger partial charge in [-0.15, -0.1) is 0 Å². The van der Waals surface area contributed by atoms with Gasteiger partial charge < -0.3 is 39.9 Å². The molecule has 0 spiro atoms. The third kappa shape index (κ3) is 7.39. The Bertz CT molecular complexity index is 2510. The van der Waals surface area contributed by atoms with E-state index in [9.17, 15) is 19.2 Å². The van der Waals surface area contributed by atoms with Crippen molar-refractivity contribution in [3.63, 3.8) is 0 Å². The number of carbonyl (C=O) groups excluding carboxylic acids is 4. The second kappa shape index (κ2) is 15.7. The van der Waals surface area contributed by atoms with Gasteiger partial charge >= 0.3 is 12.2 Å². The monoisotopic (exact) mass is 826 g/mol. The average molecular weight is 827 g/mol. The lowest BCUT2D eigenvalue weighted by molar-refractivity contribution is -0.137. The Morgan fingerprint density at radius 2 is 1.18 bits per heavy atom. The molecule has 2 aliphatic carbocycles. The van der Waals surface area contributed by atoms with Gasteiger partial charge in [-0.05, 0) is 89.0 Å². The fourth-order valence-electron chi connectivity index (χ4n) is 9.96. The highest BCUT2D eigenvalue weighted by molar-refractivity contribution is 5.91. The number of likely N-dealkylation sites (tertiary alicyclic amines) is 2. The van der Waals surface area contributed by atoms with Crippen molar-refractivity contribution in [2.75, 3.05) is 14.2 Å². The quantitative estimate of drug-likeness (QED) is 0.105. The lowest BCUT2D eigenvalue weighted by atomic mass is 9.98. The molecule has 2 saturated carbocycles. The van der Waals surface area contributed by atoms with Crippen LogP contribution >= 0.6 is 0 Å². The lowest BCUT2D eigenvalue weighted by Crippen LogP contribution is -2.52. The summed E-state index contributed by atoms with van der Waals surface area (Å²) in [5.74, 6) is 2.34. The van der Waals surface area contributed by atoms with Crippen LogP contribution in [0.3, 0.4) is 0 Å². The van der Waals surface area contributed by atoms with E-state index in [4.69, 9.17) is 19.4 Å². The number of aromatic nitrogens is 4. The number of amides is 4. The molecule has 4 N–H and O–H groups in total. The number of methoxy groups -OCH3 is 2. The zero-order chi connectivity index (χ0) is 42.9. The summed E-state index contributed by atoms with van der Waals surface area (Å²) in [6, 6.07) is 19.7. The normalized spacial score (nSPS) is 24.6. The second-order valence-electron chi connectivity index (χ2n) is 18.0. The van der Waals surface area contributed by atoms with Crippen LogP contribution < -0.4 is 10.6 Å². The van der Waals surface area contributed by atoms with Crippen LogP contribution in [-0.2, 0) is 19.1 Å². The van der Waals surface area contributed by atoms with Gasteiger partial charge in [0.15, 0.2) is 0 Å². The van der Waals surface area contributed by atoms with Crippen LogP contribution in [0, 0.1) is 29.6 Å². The minimum atomic E-state index is -0.693. The van der Waals surface area contributed by atoms with E-state index in [-0.39, 0.29) is 47.8 Å². The molecule has 0 bridgehead atoms. The molecular weight excluding hydrogens is 773 g/mol. The summed E-state index contributed by atoms with van der Waals surface area (Å²) < 4.78 is 9.65. The summed E-state index contributed by atoms with van der Waals surface area (Å²) in [6.07, 6.45) is 5.09. The number of ether oxygens (including phenoxy) is 2. The van der Waals surface area contributed by atoms with E-state index >= 15 is 0 Å². The summed E-state index contributed by atoms with van der Waals surface area (Å²) in [4.78, 5) is 72.7. The van der Waals surface area contributed by atoms with Gasteiger partial charge in [-0.3, -0.25) is 9.59 Å². The number of benzene rings is 3. The third-order valence-corrected chi connectivity index (χ3v) is 13.5. The van der Waals surface area contributed by atoms with Crippen LogP contribution in [0.25, 0.3) is 44.4 Å². The summed E-state index contributed by atoms with van der Waals surface area (Å²) in [5.41, 5.74) is 5.88. The van der Waals surface area contributed by atoms with Crippen molar-refractivity contribution in [1.29, 1.82) is 0 Å². The van der Waals surface area contributed by atoms with Crippen molar-refractivity contribution in [1.82, 2.24) is 40.4 Å². The van der Waals surface area contributed by atoms with E-state index in [1.54, 1.807) is 0 Å². The molecule has 14 nitrogen and oxygen atoms in total. The number of hydrogen-bond acceptors (Lipinski definition) is 8. The van der Waals surface area contributed by atoms with E-state index in [2.05, 4.69) is 82.1 Å². The van der Waals surface area contributed by atoms with Gasteiger partial charge in [0.25, 0.3) is 0 Å². The van der Waals surface area contributed by atoms with Crippen LogP contribution in [0.2, 0.25) is 0 Å². The number of nitrogens with zero attached hydrogens (tertiary/aromatic N) is 4. The smallest absolute Gasteiger partial charge is 0.407 e. The molecule has 4 amide bonds. The van der Waals surface area contributed by atoms with Gasteiger partial charge in [0.05, 0.1) is 50.1 Å². The largest absolute Gasteiger partial charge is 0.453 e. The van der Waals surface area contributed by atoms with E-state index < -0.39 is 24.3 Å². The Morgan fingerprint density at radius 1 is 0.672 bits per heavy atom. The van der Waals surface area contributed by atoms with Gasteiger partial charge in [-0.25, -0.2) is 19.6 Å². The van der Waals surface area contributed by atoms with Crippen molar-refractivity contribution in [2.24, 2.45) is 29.6 Å². The summed E-state index contributed by atoms with van der Waals surface area (Å²) >= 11 is 0. The van der Waals surface area contributed by atoms with E-state index in [1.807, 2.05) is 56.0 Å². The number of piperidine rings is 2. The Labute approximate surface area is 355 Å². The molecule has 318 valence electrons. The first-order chi connectivity index (χ1) is 29.3. The number of H-pyrrole nitrogens is 2. The molecule has 61 heavy (non-hydrogen) atoms. The van der Waals surface area contributed by atoms with Crippen molar-refractivity contribution in [2.45, 2.75) is 90.1 Å². The fourth-order valence-corrected chi connectivity index (χ4v) is 9.96. The van der Waals surface area contributed by atoms with E-state index in [0.717, 1.165) is 75.3 Å². The molecule has 4 aliphatic rings. The molecule has 9 atom stereocenters. The zero-order valence-corrected chi connectivity index (χ0v) is 35.6. The zero-order valence-electron chi connectivity index (χ0n) is 35.6. The molecular formula is C47H54N8O6. The number of alkyl carbamates (subject to hydrolysis) is 2. The topological polar surface area (TPSA) is 175 Å². The van der Waals surface area contributed by atoms with Gasteiger partial charge in [-0.1, -0.05) is 77.1 Å². The van der Waals surface area contributed by atoms with Crippen molar-refractivity contribution in [3.8, 4) is 33.6 Å². The highest BCUT2D eigenvalue weighted by Gasteiger charge is 2.61. The Kier molecular flexibility index (Phi) is 10.4. The fraction of sp³-hybridized carbons (Fsp3) is 0.447. The summed E-state index contributed by atoms with van der Waals surface area (Å²) in [6.45, 7) is 9.88. The number of hydrogen-bond donors (Lipinski definition) is 4. The molecule has 2 aromatic heterocycles. The van der Waals surface area contributed by atoms with Crippen molar-refractivity contribution in [3.05, 3.63) is 84.7 Å². The summed E-state index contributed by atoms with van der Waals surface area (Å²) in [5, 5.41) is 7.69. The standard InChI is InChI=1S/C47H54N8O6/c1-23(2)39(52-46(58)60-6)44(56)54-36-18-32(36)19-37(54)42-48-21-34(50-42)30-10-8-9-26(16-30)27-11-12-29-17-31(14-13-28(29)15-27)35-22-49-43(51-35)38-20-33-25(5)41(33)55(38)45(57)40(24(3)4)53-47(59)61-7/h8-17,21-25,32-33,36-41H,18-20H2,1-7H3,(H,48,50)(H,49,51)(H,52,58)(H,53,59)/t25?,32-,33?,36-,37+,38+,39+,40+,41?/m1/s1. The van der Waals surface area contributed by atoms with Crippen LogP contribution in [0.4, 0.5) is 9.59 Å². The maximum Gasteiger partial charge on any atom is 0.407 e. The van der Waals surface area contributed by atoms with E-state index in [0.29, 0.717) is 17.8 Å². The maximum absolute atomic E-state index is 14.0. The maximum atomic E-state index is 14.0. The predicted molar refractivity (Wildman–Crippen MR) is 230 cm³/mol. The van der Waals surface area contributed by atoms with Crippen molar-refractivity contribution >= 4 is 34.8 Å². The molecule has 14 heteroatoms. The third-order valence-electron chi connectivity index (χ3n) is 13.5. The second-order valence-corrected chi connectivity index (χ2v) is 18.0. The first kappa shape index (κ1) is 40.2. The van der Waals surface area contributed by atoms with E-state index in [1.165, 1.54) is 14.2 Å². The number of imidazole rings is 2. The minimum Gasteiger partial charge on any atom is -0.453 e. The van der Waals surface area contributed by atoms with Gasteiger partial charge in [0.1, 0.15) is 23.7 Å². The Hall–Kier alpha value is -6.18. The lowest BCUT2D eigenvalue weighted by Gasteiger charge is -2.32. The molecule has 3 unspecified atom stereocenters. The number of aromatic amines is 2. The first-order valence-corrected chi connectivity index (χ1v) is 21.4. The molecule has 4 heterocycles. The minimum absolute atomic E-state index is 0.102. The number of fused-ring (bicyclic) bond motifs is 3. The predicted octanol–water partition coefficient (Wildman–Crippen LogP) is 7.62. The number of carbonyl (C=O) groups is 4. The van der Waals surface area contributed by atoms with Crippen LogP contribution in [0.5, 0.6) is 0 Å². The molecule has 4 fully saturated rings. The summed E-state index contributed by atoms with van der Waals surface area (Å²) in [7, 11) is 2.61. The number of nitrogens with one attached hydrogen (secondary N) is 4. The van der Waals surface area contributed by atoms with Gasteiger partial charge in [0.2, 0.25) is 11.8 Å². The van der Waals surface area contributed by atoms with Crippen LogP contribution in [0.1, 0.15) is 77.6 Å². The highest BCUT2D eigenvalue weighted by atomic mass is 16.5. The Balaban J connectivity index is 0.911. The molecule has 2 saturated heterocycles. The molecule has 5 aromatic rings. The SMILES string of the molecule is COC(=O)N[C@H](C(=O)N1C2C(C)C2C[C@H]1c1ncc(-c2ccc3cc(-c4cccc(-c5cnc([C@@H]6C[C@H]7C[C@H]7N6C(=O)[C@@H](NC(=O)OC)C(C)C)[nH]5)c4)ccc3c2)[nH]1)C(C)C. The van der Waals surface area contributed by atoms with Crippen LogP contribution in [0.15, 0.2) is 73.1 Å². The molecule has 3 aromatic carbocycles. The van der Waals surface area contributed by atoms with Crippen molar-refractivity contribution < 1.29 is 28.7 Å². The molecule has 9 rings (SSSR count). The average Bonchev–Trinajstić information content (AvgIpc) is 3.73. The molecule has 0 radical (unpaired) electrons. The van der Waals surface area contributed by atoms with Gasteiger partial charge in [-0.2, -0.15) is 0 Å². The van der Waals surface area contributed by atoms with Gasteiger partial charge in [0, 0.05) is 23.2 Å². The highest BCUT2D eigenvalue weighted by Crippen LogP contribution is 2.58. The number of rotatable bonds is 11.